The maximum absolute atomic E-state index is 8.72. The second-order valence-electron chi connectivity index (χ2n) is 4.24. The van der Waals surface area contributed by atoms with Crippen molar-refractivity contribution in [1.29, 1.82) is 0 Å². The smallest absolute Gasteiger partial charge is 0.424 e. The molecular formula is C10H19BO4. The van der Waals surface area contributed by atoms with Gasteiger partial charge in [0.15, 0.2) is 5.79 Å². The van der Waals surface area contributed by atoms with E-state index >= 15 is 0 Å². The van der Waals surface area contributed by atoms with Gasteiger partial charge in [0, 0.05) is 6.42 Å². The van der Waals surface area contributed by atoms with E-state index in [1.165, 1.54) is 5.98 Å². The molecule has 1 saturated heterocycles. The van der Waals surface area contributed by atoms with Crippen molar-refractivity contribution >= 4 is 7.12 Å². The van der Waals surface area contributed by atoms with Crippen LogP contribution in [0, 0.1) is 0 Å². The monoisotopic (exact) mass is 214 g/mol. The first kappa shape index (κ1) is 12.7. The molecule has 5 heteroatoms. The van der Waals surface area contributed by atoms with Gasteiger partial charge in [-0.25, -0.2) is 0 Å². The molecule has 86 valence electrons. The molecule has 0 unspecified atom stereocenters. The molecule has 1 rings (SSSR count). The minimum Gasteiger partial charge on any atom is -0.424 e. The number of ether oxygens (including phenoxy) is 2. The van der Waals surface area contributed by atoms with Crippen molar-refractivity contribution in [2.45, 2.75) is 51.6 Å². The summed E-state index contributed by atoms with van der Waals surface area (Å²) in [4.78, 5) is 0. The SMILES string of the molecule is CC[C@H]1C[C@@H](/C=C/B(O)O)OC(C)(C)O1. The first-order valence-electron chi connectivity index (χ1n) is 5.33. The second kappa shape index (κ2) is 5.12. The van der Waals surface area contributed by atoms with E-state index in [-0.39, 0.29) is 12.2 Å². The van der Waals surface area contributed by atoms with E-state index in [1.54, 1.807) is 6.08 Å². The van der Waals surface area contributed by atoms with Crippen LogP contribution in [-0.4, -0.2) is 35.2 Å². The molecule has 15 heavy (non-hydrogen) atoms. The normalized spacial score (nSPS) is 30.7. The third-order valence-corrected chi connectivity index (χ3v) is 2.33. The largest absolute Gasteiger partial charge is 0.480 e. The summed E-state index contributed by atoms with van der Waals surface area (Å²) in [6.45, 7) is 5.80. The molecule has 2 atom stereocenters. The summed E-state index contributed by atoms with van der Waals surface area (Å²) in [7, 11) is -1.42. The van der Waals surface area contributed by atoms with Crippen LogP contribution < -0.4 is 0 Å². The quantitative estimate of drug-likeness (QED) is 0.684. The summed E-state index contributed by atoms with van der Waals surface area (Å²) in [6, 6.07) is 0. The van der Waals surface area contributed by atoms with Crippen molar-refractivity contribution in [2.75, 3.05) is 0 Å². The van der Waals surface area contributed by atoms with Crippen molar-refractivity contribution in [3.63, 3.8) is 0 Å². The molecule has 1 aliphatic heterocycles. The first-order valence-corrected chi connectivity index (χ1v) is 5.33. The lowest BCUT2D eigenvalue weighted by molar-refractivity contribution is -0.290. The molecule has 0 aromatic carbocycles. The fourth-order valence-corrected chi connectivity index (χ4v) is 1.74. The van der Waals surface area contributed by atoms with Crippen molar-refractivity contribution in [3.05, 3.63) is 12.1 Å². The molecule has 1 heterocycles. The molecule has 4 nitrogen and oxygen atoms in total. The Labute approximate surface area is 91.0 Å². The number of rotatable bonds is 3. The third kappa shape index (κ3) is 4.34. The minimum atomic E-state index is -1.42. The summed E-state index contributed by atoms with van der Waals surface area (Å²) >= 11 is 0. The van der Waals surface area contributed by atoms with Gasteiger partial charge in [0.05, 0.1) is 12.2 Å². The van der Waals surface area contributed by atoms with Crippen molar-refractivity contribution in [2.24, 2.45) is 0 Å². The molecule has 0 aromatic rings. The molecule has 0 amide bonds. The van der Waals surface area contributed by atoms with Crippen molar-refractivity contribution < 1.29 is 19.5 Å². The highest BCUT2D eigenvalue weighted by atomic mass is 16.7. The Morgan fingerprint density at radius 3 is 2.60 bits per heavy atom. The summed E-state index contributed by atoms with van der Waals surface area (Å²) in [5.74, 6) is 0.715. The summed E-state index contributed by atoms with van der Waals surface area (Å²) in [5, 5.41) is 17.4. The Balaban J connectivity index is 2.58. The lowest BCUT2D eigenvalue weighted by Gasteiger charge is -2.39. The summed E-state index contributed by atoms with van der Waals surface area (Å²) in [5.41, 5.74) is 0. The molecule has 1 fully saturated rings. The van der Waals surface area contributed by atoms with Crippen LogP contribution in [0.4, 0.5) is 0 Å². The van der Waals surface area contributed by atoms with Gasteiger partial charge < -0.3 is 19.5 Å². The van der Waals surface area contributed by atoms with Gasteiger partial charge in [-0.05, 0) is 20.3 Å². The molecule has 0 spiro atoms. The van der Waals surface area contributed by atoms with Gasteiger partial charge in [-0.3, -0.25) is 0 Å². The molecule has 0 aromatic heterocycles. The van der Waals surface area contributed by atoms with Gasteiger partial charge in [-0.15, -0.1) is 0 Å². The van der Waals surface area contributed by atoms with Crippen LogP contribution in [-0.2, 0) is 9.47 Å². The van der Waals surface area contributed by atoms with Crippen molar-refractivity contribution in [3.8, 4) is 0 Å². The Kier molecular flexibility index (Phi) is 4.34. The summed E-state index contributed by atoms with van der Waals surface area (Å²) in [6.07, 6.45) is 3.42. The van der Waals surface area contributed by atoms with Gasteiger partial charge in [0.1, 0.15) is 0 Å². The van der Waals surface area contributed by atoms with Crippen LogP contribution in [0.1, 0.15) is 33.6 Å². The minimum absolute atomic E-state index is 0.111. The molecule has 0 bridgehead atoms. The Morgan fingerprint density at radius 1 is 1.40 bits per heavy atom. The van der Waals surface area contributed by atoms with Crippen LogP contribution in [0.25, 0.3) is 0 Å². The highest BCUT2D eigenvalue weighted by molar-refractivity contribution is 6.47. The average molecular weight is 214 g/mol. The van der Waals surface area contributed by atoms with E-state index in [4.69, 9.17) is 19.5 Å². The molecule has 2 N–H and O–H groups in total. The fourth-order valence-electron chi connectivity index (χ4n) is 1.74. The van der Waals surface area contributed by atoms with Crippen molar-refractivity contribution in [1.82, 2.24) is 0 Å². The Bertz CT molecular complexity index is 227. The molecule has 0 saturated carbocycles. The lowest BCUT2D eigenvalue weighted by Crippen LogP contribution is -2.43. The highest BCUT2D eigenvalue weighted by Crippen LogP contribution is 2.28. The van der Waals surface area contributed by atoms with E-state index in [9.17, 15) is 0 Å². The van der Waals surface area contributed by atoms with Gasteiger partial charge in [-0.1, -0.05) is 19.0 Å². The second-order valence-corrected chi connectivity index (χ2v) is 4.24. The van der Waals surface area contributed by atoms with Crippen LogP contribution >= 0.6 is 0 Å². The van der Waals surface area contributed by atoms with Crippen LogP contribution in [0.2, 0.25) is 0 Å². The summed E-state index contributed by atoms with van der Waals surface area (Å²) < 4.78 is 11.3. The molecule has 0 aliphatic carbocycles. The average Bonchev–Trinajstić information content (AvgIpc) is 2.12. The number of hydrogen-bond donors (Lipinski definition) is 2. The van der Waals surface area contributed by atoms with E-state index in [2.05, 4.69) is 6.92 Å². The highest BCUT2D eigenvalue weighted by Gasteiger charge is 2.33. The van der Waals surface area contributed by atoms with E-state index in [0.29, 0.717) is 0 Å². The van der Waals surface area contributed by atoms with Crippen LogP contribution in [0.5, 0.6) is 0 Å². The standard InChI is InChI=1S/C10H19BO4/c1-4-8-7-9(5-6-11(12)13)15-10(2,3)14-8/h5-6,8-9,12-13H,4,7H2,1-3H3/b6-5+/t8-,9+/m0/s1. The lowest BCUT2D eigenvalue weighted by atomic mass is 9.90. The Hall–Kier alpha value is -0.355. The zero-order valence-electron chi connectivity index (χ0n) is 9.51. The Morgan fingerprint density at radius 2 is 2.07 bits per heavy atom. The topological polar surface area (TPSA) is 58.9 Å². The fraction of sp³-hybridized carbons (Fsp3) is 0.800. The van der Waals surface area contributed by atoms with Crippen LogP contribution in [0.3, 0.4) is 0 Å². The first-order chi connectivity index (χ1) is 6.93. The zero-order valence-corrected chi connectivity index (χ0v) is 9.51. The van der Waals surface area contributed by atoms with E-state index in [0.717, 1.165) is 12.8 Å². The van der Waals surface area contributed by atoms with E-state index in [1.807, 2.05) is 13.8 Å². The van der Waals surface area contributed by atoms with Gasteiger partial charge in [0.2, 0.25) is 0 Å². The van der Waals surface area contributed by atoms with Gasteiger partial charge in [-0.2, -0.15) is 0 Å². The van der Waals surface area contributed by atoms with E-state index < -0.39 is 12.9 Å². The number of hydrogen-bond acceptors (Lipinski definition) is 4. The third-order valence-electron chi connectivity index (χ3n) is 2.33. The molecule has 0 radical (unpaired) electrons. The zero-order chi connectivity index (χ0) is 11.5. The van der Waals surface area contributed by atoms with Crippen LogP contribution in [0.15, 0.2) is 12.1 Å². The predicted molar refractivity (Wildman–Crippen MR) is 58.1 cm³/mol. The maximum atomic E-state index is 8.72. The van der Waals surface area contributed by atoms with Gasteiger partial charge >= 0.3 is 7.12 Å². The predicted octanol–water partition coefficient (Wildman–Crippen LogP) is 0.875. The van der Waals surface area contributed by atoms with Gasteiger partial charge in [0.25, 0.3) is 0 Å². The maximum Gasteiger partial charge on any atom is 0.480 e. The molecular weight excluding hydrogens is 195 g/mol. The molecule has 1 aliphatic rings.